The molecule has 0 saturated carbocycles. The fourth-order valence-electron chi connectivity index (χ4n) is 3.65. The van der Waals surface area contributed by atoms with Gasteiger partial charge in [0.05, 0.1) is 11.1 Å². The van der Waals surface area contributed by atoms with Gasteiger partial charge in [0.25, 0.3) is 0 Å². The monoisotopic (exact) mass is 432 g/mol. The summed E-state index contributed by atoms with van der Waals surface area (Å²) in [6, 6.07) is 5.74. The second-order valence-corrected chi connectivity index (χ2v) is 8.79. The predicted octanol–water partition coefficient (Wildman–Crippen LogP) is 7.19. The highest BCUT2D eigenvalue weighted by Crippen LogP contribution is 2.15. The Hall–Kier alpha value is -2.17. The molecule has 0 fully saturated rings. The van der Waals surface area contributed by atoms with E-state index in [4.69, 9.17) is 9.84 Å². The summed E-state index contributed by atoms with van der Waals surface area (Å²) in [5, 5.41) is 9.11. The molecule has 31 heavy (non-hydrogen) atoms. The van der Waals surface area contributed by atoms with E-state index in [2.05, 4.69) is 13.8 Å². The van der Waals surface area contributed by atoms with Crippen LogP contribution in [-0.4, -0.2) is 23.0 Å². The van der Waals surface area contributed by atoms with Crippen molar-refractivity contribution in [1.29, 1.82) is 0 Å². The molecule has 0 aliphatic heterocycles. The molecule has 0 bridgehead atoms. The Labute approximate surface area is 187 Å². The second-order valence-electron chi connectivity index (χ2n) is 8.79. The van der Waals surface area contributed by atoms with Crippen LogP contribution in [0.2, 0.25) is 0 Å². The molecule has 0 amide bonds. The lowest BCUT2D eigenvalue weighted by molar-refractivity contribution is -0.138. The summed E-state index contributed by atoms with van der Waals surface area (Å²) in [7, 11) is 0. The third-order valence-corrected chi connectivity index (χ3v) is 5.50. The number of ether oxygens (including phenoxy) is 1. The van der Waals surface area contributed by atoms with Gasteiger partial charge in [-0.2, -0.15) is 0 Å². The Balaban J connectivity index is 1.99. The number of carbonyl (C=O) groups is 3. The molecule has 0 aliphatic rings. The zero-order chi connectivity index (χ0) is 22.9. The van der Waals surface area contributed by atoms with Gasteiger partial charge in [0.2, 0.25) is 0 Å². The van der Waals surface area contributed by atoms with Gasteiger partial charge in [-0.1, -0.05) is 103 Å². The summed E-state index contributed by atoms with van der Waals surface area (Å²) < 4.78 is 4.80. The summed E-state index contributed by atoms with van der Waals surface area (Å²) in [6.07, 6.45) is 16.1. The Kier molecular flexibility index (Phi) is 14.3. The molecule has 0 atom stereocenters. The minimum Gasteiger partial charge on any atom is -0.478 e. The maximum atomic E-state index is 12.0. The van der Waals surface area contributed by atoms with Crippen LogP contribution < -0.4 is 0 Å². The minimum atomic E-state index is -1.22. The van der Waals surface area contributed by atoms with Gasteiger partial charge in [0.1, 0.15) is 0 Å². The lowest BCUT2D eigenvalue weighted by Crippen LogP contribution is -2.15. The van der Waals surface area contributed by atoms with Gasteiger partial charge in [-0.05, 0) is 24.5 Å². The molecule has 1 rings (SSSR count). The zero-order valence-electron chi connectivity index (χ0n) is 19.4. The van der Waals surface area contributed by atoms with Gasteiger partial charge < -0.3 is 9.84 Å². The first-order valence-electron chi connectivity index (χ1n) is 12.0. The molecular weight excluding hydrogens is 392 g/mol. The summed E-state index contributed by atoms with van der Waals surface area (Å²) >= 11 is 0. The zero-order valence-corrected chi connectivity index (χ0v) is 19.4. The highest BCUT2D eigenvalue weighted by molar-refractivity contribution is 6.05. The number of hydrogen-bond acceptors (Lipinski definition) is 4. The summed E-state index contributed by atoms with van der Waals surface area (Å²) in [4.78, 5) is 35.0. The van der Waals surface area contributed by atoms with E-state index in [1.54, 1.807) is 6.07 Å². The number of hydrogen-bond donors (Lipinski definition) is 1. The average molecular weight is 433 g/mol. The molecule has 0 spiro atoms. The van der Waals surface area contributed by atoms with Crippen molar-refractivity contribution in [3.63, 3.8) is 0 Å². The van der Waals surface area contributed by atoms with Crippen molar-refractivity contribution < 1.29 is 24.2 Å². The Morgan fingerprint density at radius 1 is 0.742 bits per heavy atom. The quantitative estimate of drug-likeness (QED) is 0.160. The van der Waals surface area contributed by atoms with E-state index in [1.807, 2.05) is 0 Å². The third-order valence-electron chi connectivity index (χ3n) is 5.50. The number of unbranched alkanes of at least 4 members (excludes halogenated alkanes) is 11. The van der Waals surface area contributed by atoms with Gasteiger partial charge in [-0.3, -0.25) is 4.79 Å². The van der Waals surface area contributed by atoms with Crippen molar-refractivity contribution in [3.8, 4) is 0 Å². The fraction of sp³-hybridized carbons (Fsp3) is 0.654. The standard InChI is InChI=1S/C26H40O5/c1-21(2)17-13-11-9-7-5-3-4-6-8-10-12-14-20-24(27)31-26(30)23-19-16-15-18-22(23)25(28)29/h15-16,18-19,21H,3-14,17,20H2,1-2H3,(H,28,29). The van der Waals surface area contributed by atoms with E-state index < -0.39 is 17.9 Å². The van der Waals surface area contributed by atoms with Gasteiger partial charge in [0.15, 0.2) is 0 Å². The number of esters is 2. The minimum absolute atomic E-state index is 0.0982. The first-order valence-corrected chi connectivity index (χ1v) is 12.0. The van der Waals surface area contributed by atoms with Crippen LogP contribution in [0.4, 0.5) is 0 Å². The SMILES string of the molecule is CC(C)CCCCCCCCCCCCCCC(=O)OC(=O)c1ccccc1C(=O)O. The van der Waals surface area contributed by atoms with Crippen molar-refractivity contribution in [1.82, 2.24) is 0 Å². The molecule has 1 aromatic carbocycles. The average Bonchev–Trinajstić information content (AvgIpc) is 2.73. The maximum absolute atomic E-state index is 12.0. The van der Waals surface area contributed by atoms with Crippen LogP contribution in [0.5, 0.6) is 0 Å². The topological polar surface area (TPSA) is 80.7 Å². The van der Waals surface area contributed by atoms with Crippen LogP contribution in [0.15, 0.2) is 24.3 Å². The molecule has 0 heterocycles. The Bertz CT molecular complexity index is 666. The van der Waals surface area contributed by atoms with Crippen molar-refractivity contribution in [2.75, 3.05) is 0 Å². The second kappa shape index (κ2) is 16.5. The molecule has 174 valence electrons. The Morgan fingerprint density at radius 2 is 1.19 bits per heavy atom. The number of carboxylic acids is 1. The molecule has 0 aliphatic carbocycles. The lowest BCUT2D eigenvalue weighted by atomic mass is 10.0. The van der Waals surface area contributed by atoms with Crippen LogP contribution >= 0.6 is 0 Å². The first kappa shape index (κ1) is 26.9. The molecule has 0 saturated heterocycles. The molecule has 0 aromatic heterocycles. The molecule has 0 unspecified atom stereocenters. The predicted molar refractivity (Wildman–Crippen MR) is 123 cm³/mol. The van der Waals surface area contributed by atoms with Crippen molar-refractivity contribution in [2.45, 2.75) is 104 Å². The molecular formula is C26H40O5. The molecule has 1 aromatic rings. The Morgan fingerprint density at radius 3 is 1.68 bits per heavy atom. The number of benzene rings is 1. The van der Waals surface area contributed by atoms with Crippen LogP contribution in [0.1, 0.15) is 124 Å². The van der Waals surface area contributed by atoms with Gasteiger partial charge in [-0.15, -0.1) is 0 Å². The third kappa shape index (κ3) is 13.0. The summed E-state index contributed by atoms with van der Waals surface area (Å²) in [5.41, 5.74) is -0.259. The molecule has 1 N–H and O–H groups in total. The fourth-order valence-corrected chi connectivity index (χ4v) is 3.65. The van der Waals surface area contributed by atoms with Gasteiger partial charge >= 0.3 is 17.9 Å². The number of rotatable bonds is 17. The number of carbonyl (C=O) groups excluding carboxylic acids is 2. The normalized spacial score (nSPS) is 10.9. The van der Waals surface area contributed by atoms with E-state index >= 15 is 0 Å². The highest BCUT2D eigenvalue weighted by atomic mass is 16.6. The van der Waals surface area contributed by atoms with Crippen molar-refractivity contribution in [2.24, 2.45) is 5.92 Å². The molecule has 5 heteroatoms. The van der Waals surface area contributed by atoms with Crippen molar-refractivity contribution >= 4 is 17.9 Å². The maximum Gasteiger partial charge on any atom is 0.346 e. The summed E-state index contributed by atoms with van der Waals surface area (Å²) in [6.45, 7) is 4.58. The van der Waals surface area contributed by atoms with E-state index in [0.717, 1.165) is 18.8 Å². The number of carboxylic acid groups (broad SMARTS) is 1. The van der Waals surface area contributed by atoms with Gasteiger partial charge in [0, 0.05) is 6.42 Å². The highest BCUT2D eigenvalue weighted by Gasteiger charge is 2.19. The van der Waals surface area contributed by atoms with Gasteiger partial charge in [-0.25, -0.2) is 9.59 Å². The van der Waals surface area contributed by atoms with E-state index in [-0.39, 0.29) is 17.5 Å². The van der Waals surface area contributed by atoms with E-state index in [0.29, 0.717) is 6.42 Å². The van der Waals surface area contributed by atoms with Crippen LogP contribution in [0.3, 0.4) is 0 Å². The first-order chi connectivity index (χ1) is 14.9. The van der Waals surface area contributed by atoms with E-state index in [1.165, 1.54) is 82.4 Å². The van der Waals surface area contributed by atoms with Crippen LogP contribution in [0, 0.1) is 5.92 Å². The molecule has 5 nitrogen and oxygen atoms in total. The largest absolute Gasteiger partial charge is 0.478 e. The van der Waals surface area contributed by atoms with Crippen LogP contribution in [0.25, 0.3) is 0 Å². The van der Waals surface area contributed by atoms with Crippen LogP contribution in [-0.2, 0) is 9.53 Å². The van der Waals surface area contributed by atoms with Crippen molar-refractivity contribution in [3.05, 3.63) is 35.4 Å². The van der Waals surface area contributed by atoms with E-state index in [9.17, 15) is 14.4 Å². The summed E-state index contributed by atoms with van der Waals surface area (Å²) in [5.74, 6) is -1.89. The smallest absolute Gasteiger partial charge is 0.346 e. The molecule has 0 radical (unpaired) electrons. The lowest BCUT2D eigenvalue weighted by Gasteiger charge is -2.06. The number of aromatic carboxylic acids is 1.